The molecule has 0 aliphatic carbocycles. The fraction of sp³-hybridized carbons (Fsp3) is 0.222. The molecule has 0 unspecified atom stereocenters. The number of piperazine rings is 1. The number of pyridine rings is 1. The molecule has 2 aliphatic rings. The largest absolute Gasteiger partial charge is 0.373 e. The van der Waals surface area contributed by atoms with Crippen molar-refractivity contribution < 1.29 is 9.18 Å². The van der Waals surface area contributed by atoms with E-state index >= 15 is 0 Å². The Labute approximate surface area is 139 Å². The molecule has 2 aromatic rings. The summed E-state index contributed by atoms with van der Waals surface area (Å²) in [6, 6.07) is 10.2. The first-order valence-electron chi connectivity index (χ1n) is 7.94. The zero-order valence-corrected chi connectivity index (χ0v) is 13.1. The number of hydrogen-bond acceptors (Lipinski definition) is 4. The van der Waals surface area contributed by atoms with E-state index < -0.39 is 0 Å². The van der Waals surface area contributed by atoms with Crippen LogP contribution in [0.15, 0.2) is 48.8 Å². The van der Waals surface area contributed by atoms with Crippen LogP contribution in [0.25, 0.3) is 5.57 Å². The molecule has 5 nitrogen and oxygen atoms in total. The van der Waals surface area contributed by atoms with E-state index in [2.05, 4.69) is 20.1 Å². The minimum Gasteiger partial charge on any atom is -0.373 e. The van der Waals surface area contributed by atoms with Gasteiger partial charge in [-0.2, -0.15) is 0 Å². The number of hydrogen-bond donors (Lipinski definition) is 1. The Balaban J connectivity index is 1.50. The first-order chi connectivity index (χ1) is 11.7. The van der Waals surface area contributed by atoms with Crippen LogP contribution < -0.4 is 10.2 Å². The van der Waals surface area contributed by atoms with Crippen LogP contribution in [0.2, 0.25) is 0 Å². The lowest BCUT2D eigenvalue weighted by atomic mass is 10.1. The molecular weight excluding hydrogens is 307 g/mol. The van der Waals surface area contributed by atoms with Crippen molar-refractivity contribution in [2.24, 2.45) is 0 Å². The molecule has 1 N–H and O–H groups in total. The van der Waals surface area contributed by atoms with E-state index in [1.54, 1.807) is 12.3 Å². The molecule has 1 aromatic carbocycles. The van der Waals surface area contributed by atoms with Crippen molar-refractivity contribution >= 4 is 23.0 Å². The van der Waals surface area contributed by atoms with E-state index in [1.165, 1.54) is 12.1 Å². The van der Waals surface area contributed by atoms with Gasteiger partial charge < -0.3 is 15.1 Å². The average Bonchev–Trinajstić information content (AvgIpc) is 2.92. The molecule has 1 amide bonds. The SMILES string of the molecule is O=C1Nc2ccc(F)cc2/C1=C\N1CCN(c2ccccn2)CC1. The molecule has 3 heterocycles. The molecule has 122 valence electrons. The van der Waals surface area contributed by atoms with Crippen molar-refractivity contribution in [1.82, 2.24) is 9.88 Å². The zero-order chi connectivity index (χ0) is 16.5. The Morgan fingerprint density at radius 2 is 1.96 bits per heavy atom. The summed E-state index contributed by atoms with van der Waals surface area (Å²) < 4.78 is 13.5. The predicted molar refractivity (Wildman–Crippen MR) is 91.0 cm³/mol. The van der Waals surface area contributed by atoms with Crippen molar-refractivity contribution in [2.45, 2.75) is 0 Å². The van der Waals surface area contributed by atoms with Gasteiger partial charge in [0, 0.05) is 49.8 Å². The van der Waals surface area contributed by atoms with Crippen LogP contribution in [-0.2, 0) is 4.79 Å². The highest BCUT2D eigenvalue weighted by Crippen LogP contribution is 2.32. The van der Waals surface area contributed by atoms with Crippen molar-refractivity contribution in [2.75, 3.05) is 36.4 Å². The third-order valence-electron chi connectivity index (χ3n) is 4.36. The Hall–Kier alpha value is -2.89. The number of halogens is 1. The maximum absolute atomic E-state index is 13.5. The Kier molecular flexibility index (Phi) is 3.65. The van der Waals surface area contributed by atoms with E-state index in [9.17, 15) is 9.18 Å². The molecule has 2 aliphatic heterocycles. The number of aromatic nitrogens is 1. The highest BCUT2D eigenvalue weighted by molar-refractivity contribution is 6.31. The molecule has 1 saturated heterocycles. The summed E-state index contributed by atoms with van der Waals surface area (Å²) in [5, 5.41) is 2.78. The van der Waals surface area contributed by atoms with Crippen LogP contribution in [0, 0.1) is 5.82 Å². The normalized spacial score (nSPS) is 18.7. The quantitative estimate of drug-likeness (QED) is 0.862. The minimum absolute atomic E-state index is 0.178. The van der Waals surface area contributed by atoms with Gasteiger partial charge >= 0.3 is 0 Å². The second kappa shape index (κ2) is 5.96. The molecule has 6 heteroatoms. The fourth-order valence-electron chi connectivity index (χ4n) is 3.09. The van der Waals surface area contributed by atoms with E-state index in [-0.39, 0.29) is 11.7 Å². The third kappa shape index (κ3) is 2.71. The predicted octanol–water partition coefficient (Wildman–Crippen LogP) is 2.34. The molecule has 1 aromatic heterocycles. The number of carbonyl (C=O) groups is 1. The molecule has 24 heavy (non-hydrogen) atoms. The summed E-state index contributed by atoms with van der Waals surface area (Å²) in [4.78, 5) is 20.8. The number of benzene rings is 1. The summed E-state index contributed by atoms with van der Waals surface area (Å²) in [7, 11) is 0. The highest BCUT2D eigenvalue weighted by Gasteiger charge is 2.26. The van der Waals surface area contributed by atoms with Gasteiger partial charge in [-0.05, 0) is 30.3 Å². The standard InChI is InChI=1S/C18H17FN4O/c19-13-4-5-16-14(11-13)15(18(24)21-16)12-22-7-9-23(10-8-22)17-3-1-2-6-20-17/h1-6,11-12H,7-10H2,(H,21,24)/b15-12+. The number of anilines is 2. The number of nitrogens with one attached hydrogen (secondary N) is 1. The molecule has 0 spiro atoms. The van der Waals surface area contributed by atoms with Gasteiger partial charge in [-0.15, -0.1) is 0 Å². The van der Waals surface area contributed by atoms with Crippen molar-refractivity contribution in [1.29, 1.82) is 0 Å². The fourth-order valence-corrected chi connectivity index (χ4v) is 3.09. The lowest BCUT2D eigenvalue weighted by Gasteiger charge is -2.35. The smallest absolute Gasteiger partial charge is 0.257 e. The Morgan fingerprint density at radius 3 is 2.71 bits per heavy atom. The summed E-state index contributed by atoms with van der Waals surface area (Å²) >= 11 is 0. The second-order valence-corrected chi connectivity index (χ2v) is 5.90. The summed E-state index contributed by atoms with van der Waals surface area (Å²) in [5.74, 6) is 0.453. The van der Waals surface area contributed by atoms with E-state index in [1.807, 2.05) is 24.4 Å². The van der Waals surface area contributed by atoms with Crippen LogP contribution in [0.1, 0.15) is 5.56 Å². The highest BCUT2D eigenvalue weighted by atomic mass is 19.1. The third-order valence-corrected chi connectivity index (χ3v) is 4.36. The maximum atomic E-state index is 13.5. The van der Waals surface area contributed by atoms with Crippen molar-refractivity contribution in [3.05, 3.63) is 60.2 Å². The number of fused-ring (bicyclic) bond motifs is 1. The van der Waals surface area contributed by atoms with Crippen molar-refractivity contribution in [3.63, 3.8) is 0 Å². The minimum atomic E-state index is -0.337. The lowest BCUT2D eigenvalue weighted by molar-refractivity contribution is -0.110. The van der Waals surface area contributed by atoms with E-state index in [0.717, 1.165) is 32.0 Å². The van der Waals surface area contributed by atoms with Gasteiger partial charge in [0.2, 0.25) is 0 Å². The summed E-state index contributed by atoms with van der Waals surface area (Å²) in [6.07, 6.45) is 3.63. The van der Waals surface area contributed by atoms with Crippen LogP contribution in [-0.4, -0.2) is 42.0 Å². The average molecular weight is 324 g/mol. The molecule has 4 rings (SSSR count). The topological polar surface area (TPSA) is 48.5 Å². The van der Waals surface area contributed by atoms with E-state index in [0.29, 0.717) is 16.8 Å². The lowest BCUT2D eigenvalue weighted by Crippen LogP contribution is -2.44. The molecule has 0 bridgehead atoms. The Bertz CT molecular complexity index is 798. The molecular formula is C18H17FN4O. The zero-order valence-electron chi connectivity index (χ0n) is 13.1. The Morgan fingerprint density at radius 1 is 1.12 bits per heavy atom. The van der Waals surface area contributed by atoms with Gasteiger partial charge in [-0.3, -0.25) is 4.79 Å². The molecule has 0 atom stereocenters. The van der Waals surface area contributed by atoms with Crippen LogP contribution in [0.3, 0.4) is 0 Å². The van der Waals surface area contributed by atoms with Gasteiger partial charge in [-0.25, -0.2) is 9.37 Å². The van der Waals surface area contributed by atoms with Gasteiger partial charge in [0.15, 0.2) is 0 Å². The maximum Gasteiger partial charge on any atom is 0.257 e. The molecule has 1 fully saturated rings. The summed E-state index contributed by atoms with van der Waals surface area (Å²) in [6.45, 7) is 3.24. The van der Waals surface area contributed by atoms with E-state index in [4.69, 9.17) is 0 Å². The molecule has 0 radical (unpaired) electrons. The number of rotatable bonds is 2. The van der Waals surface area contributed by atoms with Crippen LogP contribution >= 0.6 is 0 Å². The van der Waals surface area contributed by atoms with Gasteiger partial charge in [0.1, 0.15) is 11.6 Å². The number of amides is 1. The molecule has 0 saturated carbocycles. The van der Waals surface area contributed by atoms with Gasteiger partial charge in [-0.1, -0.05) is 6.07 Å². The first-order valence-corrected chi connectivity index (χ1v) is 7.94. The summed E-state index contributed by atoms with van der Waals surface area (Å²) in [5.41, 5.74) is 1.82. The second-order valence-electron chi connectivity index (χ2n) is 5.90. The number of carbonyl (C=O) groups excluding carboxylic acids is 1. The van der Waals surface area contributed by atoms with Gasteiger partial charge in [0.25, 0.3) is 5.91 Å². The van der Waals surface area contributed by atoms with Crippen LogP contribution in [0.4, 0.5) is 15.9 Å². The van der Waals surface area contributed by atoms with Gasteiger partial charge in [0.05, 0.1) is 5.57 Å². The van der Waals surface area contributed by atoms with Crippen LogP contribution in [0.5, 0.6) is 0 Å². The van der Waals surface area contributed by atoms with Crippen molar-refractivity contribution in [3.8, 4) is 0 Å². The first kappa shape index (κ1) is 14.7. The monoisotopic (exact) mass is 324 g/mol. The number of nitrogens with zero attached hydrogens (tertiary/aromatic N) is 3.